The minimum atomic E-state index is -0.659. The number of hydrogen-bond donors (Lipinski definition) is 1. The molecule has 6 rings (SSSR count). The molecule has 5 aromatic rings. The van der Waals surface area contributed by atoms with Gasteiger partial charge in [-0.3, -0.25) is 0 Å². The lowest BCUT2D eigenvalue weighted by Gasteiger charge is -2.28. The second-order valence-electron chi connectivity index (χ2n) is 10.7. The first kappa shape index (κ1) is 32.5. The van der Waals surface area contributed by atoms with E-state index < -0.39 is 12.0 Å². The summed E-state index contributed by atoms with van der Waals surface area (Å²) in [6.45, 7) is 4.55. The second-order valence-corrected chi connectivity index (χ2v) is 12.4. The molecule has 0 radical (unpaired) electrons. The number of fused-ring (bicyclic) bond motifs is 1. The standard InChI is InChI=1S/C36H32Cl2N4O4S/c1-3-44-31-19-25(17-18-30(31)45-21-26-13-7-9-15-28(26)37)33-32(34(43)46-20-24-11-5-4-6-12-24)23(2)39-35-40-36(41-42(33)35)47-22-27-14-8-10-16-29(27)38/h4-19,33H,3,20-22H2,1-2H3,(H,39,40,41). The molecule has 0 aliphatic carbocycles. The van der Waals surface area contributed by atoms with E-state index in [2.05, 4.69) is 5.32 Å². The molecule has 2 heterocycles. The number of benzene rings is 4. The number of allylic oxidation sites excluding steroid dienone is 1. The lowest BCUT2D eigenvalue weighted by atomic mass is 9.95. The van der Waals surface area contributed by atoms with E-state index in [1.165, 1.54) is 11.8 Å². The summed E-state index contributed by atoms with van der Waals surface area (Å²) in [5.41, 5.74) is 4.50. The molecular formula is C36H32Cl2N4O4S. The molecule has 0 amide bonds. The molecule has 1 aliphatic heterocycles. The van der Waals surface area contributed by atoms with Crippen molar-refractivity contribution in [3.63, 3.8) is 0 Å². The van der Waals surface area contributed by atoms with Crippen LogP contribution in [0.1, 0.15) is 42.1 Å². The third-order valence-corrected chi connectivity index (χ3v) is 9.13. The lowest BCUT2D eigenvalue weighted by Crippen LogP contribution is -2.29. The summed E-state index contributed by atoms with van der Waals surface area (Å²) in [5.74, 6) is 1.70. The van der Waals surface area contributed by atoms with Crippen LogP contribution in [0.25, 0.3) is 0 Å². The summed E-state index contributed by atoms with van der Waals surface area (Å²) in [4.78, 5) is 18.6. The first-order valence-corrected chi connectivity index (χ1v) is 16.8. The Labute approximate surface area is 287 Å². The van der Waals surface area contributed by atoms with Crippen LogP contribution in [0, 0.1) is 0 Å². The van der Waals surface area contributed by atoms with Gasteiger partial charge in [-0.25, -0.2) is 9.48 Å². The topological polar surface area (TPSA) is 87.5 Å². The Morgan fingerprint density at radius 3 is 2.30 bits per heavy atom. The number of anilines is 1. The van der Waals surface area contributed by atoms with Gasteiger partial charge in [0.05, 0.1) is 12.2 Å². The molecule has 240 valence electrons. The highest BCUT2D eigenvalue weighted by atomic mass is 35.5. The van der Waals surface area contributed by atoms with Gasteiger partial charge in [-0.2, -0.15) is 4.98 Å². The highest BCUT2D eigenvalue weighted by molar-refractivity contribution is 7.98. The summed E-state index contributed by atoms with van der Waals surface area (Å²) < 4.78 is 19.8. The number of ether oxygens (including phenoxy) is 3. The van der Waals surface area contributed by atoms with E-state index in [0.29, 0.717) is 56.3 Å². The Bertz CT molecular complexity index is 1910. The molecule has 4 aromatic carbocycles. The number of aromatic nitrogens is 3. The molecule has 1 N–H and O–H groups in total. The monoisotopic (exact) mass is 686 g/mol. The quantitative estimate of drug-likeness (QED) is 0.103. The number of halogens is 2. The van der Waals surface area contributed by atoms with Crippen LogP contribution in [-0.2, 0) is 28.5 Å². The van der Waals surface area contributed by atoms with Crippen molar-refractivity contribution < 1.29 is 19.0 Å². The largest absolute Gasteiger partial charge is 0.490 e. The van der Waals surface area contributed by atoms with E-state index in [1.807, 2.05) is 111 Å². The van der Waals surface area contributed by atoms with Crippen LogP contribution in [0.3, 0.4) is 0 Å². The molecular weight excluding hydrogens is 655 g/mol. The number of esters is 1. The molecule has 0 saturated heterocycles. The molecule has 0 fully saturated rings. The fraction of sp³-hybridized carbons (Fsp3) is 0.194. The zero-order valence-electron chi connectivity index (χ0n) is 25.8. The second kappa shape index (κ2) is 15.0. The predicted octanol–water partition coefficient (Wildman–Crippen LogP) is 8.89. The maximum Gasteiger partial charge on any atom is 0.338 e. The number of rotatable bonds is 12. The van der Waals surface area contributed by atoms with Gasteiger partial charge in [-0.1, -0.05) is 108 Å². The Balaban J connectivity index is 1.34. The summed E-state index contributed by atoms with van der Waals surface area (Å²) in [7, 11) is 0. The van der Waals surface area contributed by atoms with Crippen molar-refractivity contribution in [2.75, 3.05) is 11.9 Å². The van der Waals surface area contributed by atoms with Crippen molar-refractivity contribution >= 4 is 46.9 Å². The Morgan fingerprint density at radius 2 is 1.57 bits per heavy atom. The fourth-order valence-corrected chi connectivity index (χ4v) is 6.48. The van der Waals surface area contributed by atoms with Gasteiger partial charge < -0.3 is 19.5 Å². The average Bonchev–Trinajstić information content (AvgIpc) is 3.49. The van der Waals surface area contributed by atoms with Gasteiger partial charge in [0.25, 0.3) is 0 Å². The maximum atomic E-state index is 13.8. The van der Waals surface area contributed by atoms with E-state index in [9.17, 15) is 4.79 Å². The summed E-state index contributed by atoms with van der Waals surface area (Å²) in [6.07, 6.45) is 0. The van der Waals surface area contributed by atoms with Crippen LogP contribution in [0.15, 0.2) is 113 Å². The highest BCUT2D eigenvalue weighted by Crippen LogP contribution is 2.40. The maximum absolute atomic E-state index is 13.8. The van der Waals surface area contributed by atoms with Crippen molar-refractivity contribution in [2.24, 2.45) is 0 Å². The van der Waals surface area contributed by atoms with Crippen LogP contribution in [0.4, 0.5) is 5.95 Å². The van der Waals surface area contributed by atoms with Crippen molar-refractivity contribution in [2.45, 2.75) is 44.0 Å². The van der Waals surface area contributed by atoms with E-state index in [1.54, 1.807) is 4.68 Å². The van der Waals surface area contributed by atoms with E-state index in [-0.39, 0.29) is 13.2 Å². The van der Waals surface area contributed by atoms with Crippen molar-refractivity contribution in [1.29, 1.82) is 0 Å². The zero-order valence-corrected chi connectivity index (χ0v) is 28.1. The lowest BCUT2D eigenvalue weighted by molar-refractivity contribution is -0.140. The SMILES string of the molecule is CCOc1cc(C2C(C(=O)OCc3ccccc3)=C(C)Nc3nc(SCc4ccccc4Cl)nn32)ccc1OCc1ccccc1Cl. The molecule has 1 unspecified atom stereocenters. The van der Waals surface area contributed by atoms with Crippen molar-refractivity contribution in [3.8, 4) is 11.5 Å². The van der Waals surface area contributed by atoms with Crippen LogP contribution in [0.5, 0.6) is 11.5 Å². The van der Waals surface area contributed by atoms with Gasteiger partial charge >= 0.3 is 5.97 Å². The average molecular weight is 688 g/mol. The number of nitrogens with zero attached hydrogens (tertiary/aromatic N) is 3. The molecule has 1 atom stereocenters. The normalized spacial score (nSPS) is 13.9. The Morgan fingerprint density at radius 1 is 0.872 bits per heavy atom. The third-order valence-electron chi connectivity index (χ3n) is 7.50. The van der Waals surface area contributed by atoms with Gasteiger partial charge in [-0.05, 0) is 54.8 Å². The van der Waals surface area contributed by atoms with E-state index in [0.717, 1.165) is 22.3 Å². The van der Waals surface area contributed by atoms with Crippen LogP contribution in [0.2, 0.25) is 10.0 Å². The molecule has 0 spiro atoms. The van der Waals surface area contributed by atoms with Gasteiger partial charge in [0.1, 0.15) is 19.3 Å². The van der Waals surface area contributed by atoms with Crippen molar-refractivity contribution in [3.05, 3.63) is 141 Å². The minimum Gasteiger partial charge on any atom is -0.490 e. The van der Waals surface area contributed by atoms with Gasteiger partial charge in [0, 0.05) is 27.1 Å². The molecule has 1 aromatic heterocycles. The number of nitrogens with one attached hydrogen (secondary N) is 1. The molecule has 0 bridgehead atoms. The first-order valence-electron chi connectivity index (χ1n) is 15.1. The number of carbonyl (C=O) groups is 1. The smallest absolute Gasteiger partial charge is 0.338 e. The van der Waals surface area contributed by atoms with Crippen LogP contribution >= 0.6 is 35.0 Å². The van der Waals surface area contributed by atoms with E-state index in [4.69, 9.17) is 47.5 Å². The van der Waals surface area contributed by atoms with Crippen LogP contribution < -0.4 is 14.8 Å². The fourth-order valence-electron chi connectivity index (χ4n) is 5.18. The molecule has 0 saturated carbocycles. The number of carbonyl (C=O) groups excluding carboxylic acids is 1. The van der Waals surface area contributed by atoms with Gasteiger partial charge in [0.2, 0.25) is 11.1 Å². The van der Waals surface area contributed by atoms with Crippen LogP contribution in [-0.4, -0.2) is 27.3 Å². The van der Waals surface area contributed by atoms with Gasteiger partial charge in [0.15, 0.2) is 11.5 Å². The summed E-state index contributed by atoms with van der Waals surface area (Å²) in [5, 5.41) is 9.97. The summed E-state index contributed by atoms with van der Waals surface area (Å²) >= 11 is 14.2. The molecule has 11 heteroatoms. The van der Waals surface area contributed by atoms with Gasteiger partial charge in [-0.15, -0.1) is 5.10 Å². The summed E-state index contributed by atoms with van der Waals surface area (Å²) in [6, 6.07) is 29.7. The Hall–Kier alpha value is -4.44. The third kappa shape index (κ3) is 7.59. The minimum absolute atomic E-state index is 0.130. The first-order chi connectivity index (χ1) is 22.9. The molecule has 8 nitrogen and oxygen atoms in total. The predicted molar refractivity (Wildman–Crippen MR) is 185 cm³/mol. The Kier molecular flexibility index (Phi) is 10.4. The molecule has 1 aliphatic rings. The number of thioether (sulfide) groups is 1. The number of hydrogen-bond acceptors (Lipinski definition) is 8. The molecule has 47 heavy (non-hydrogen) atoms. The van der Waals surface area contributed by atoms with Crippen molar-refractivity contribution in [1.82, 2.24) is 14.8 Å². The highest BCUT2D eigenvalue weighted by Gasteiger charge is 2.36. The zero-order chi connectivity index (χ0) is 32.8. The van der Waals surface area contributed by atoms with E-state index >= 15 is 0 Å².